The van der Waals surface area contributed by atoms with Crippen molar-refractivity contribution in [2.45, 2.75) is 37.8 Å². The van der Waals surface area contributed by atoms with Gasteiger partial charge < -0.3 is 10.2 Å². The molecule has 2 aromatic carbocycles. The van der Waals surface area contributed by atoms with Crippen LogP contribution in [0, 0.1) is 0 Å². The quantitative estimate of drug-likeness (QED) is 0.721. The molecule has 1 heterocycles. The van der Waals surface area contributed by atoms with E-state index in [0.29, 0.717) is 17.1 Å². The third kappa shape index (κ3) is 4.05. The van der Waals surface area contributed by atoms with E-state index in [1.165, 1.54) is 0 Å². The molecule has 26 heavy (non-hydrogen) atoms. The van der Waals surface area contributed by atoms with Crippen molar-refractivity contribution < 1.29 is 9.59 Å². The second-order valence-electron chi connectivity index (χ2n) is 6.27. The number of para-hydroxylation sites is 1. The van der Waals surface area contributed by atoms with Crippen LogP contribution in [0.1, 0.15) is 36.2 Å². The van der Waals surface area contributed by atoms with E-state index < -0.39 is 0 Å². The molecule has 1 N–H and O–H groups in total. The summed E-state index contributed by atoms with van der Waals surface area (Å²) in [6.07, 6.45) is 0.249. The molecule has 0 saturated carbocycles. The number of fused-ring (bicyclic) bond motifs is 1. The largest absolute Gasteiger partial charge is 0.331 e. The first-order chi connectivity index (χ1) is 12.5. The van der Waals surface area contributed by atoms with E-state index >= 15 is 0 Å². The summed E-state index contributed by atoms with van der Waals surface area (Å²) in [5.41, 5.74) is 2.41. The van der Waals surface area contributed by atoms with E-state index in [0.717, 1.165) is 21.9 Å². The standard InChI is InChI=1S/C20H21ClN2O2S/c1-3-26-18-7-5-4-6-17(18)22-19(24)10-13(2)23-12-14-8-9-15(21)11-16(14)20(23)25/h4-9,11,13H,3,10,12H2,1-2H3,(H,22,24)/t13-/m1/s1. The maximum atomic E-state index is 12.6. The predicted molar refractivity (Wildman–Crippen MR) is 107 cm³/mol. The van der Waals surface area contributed by atoms with Gasteiger partial charge >= 0.3 is 0 Å². The van der Waals surface area contributed by atoms with E-state index in [9.17, 15) is 9.59 Å². The third-order valence-electron chi connectivity index (χ3n) is 4.38. The number of nitrogens with one attached hydrogen (secondary N) is 1. The summed E-state index contributed by atoms with van der Waals surface area (Å²) in [5.74, 6) is 0.778. The fourth-order valence-corrected chi connectivity index (χ4v) is 4.02. The second-order valence-corrected chi connectivity index (χ2v) is 8.01. The van der Waals surface area contributed by atoms with E-state index in [-0.39, 0.29) is 24.3 Å². The Morgan fingerprint density at radius 3 is 2.85 bits per heavy atom. The van der Waals surface area contributed by atoms with Gasteiger partial charge in [0.2, 0.25) is 5.91 Å². The normalized spacial score (nSPS) is 14.3. The number of benzene rings is 2. The molecule has 0 saturated heterocycles. The summed E-state index contributed by atoms with van der Waals surface area (Å²) in [6.45, 7) is 4.49. The van der Waals surface area contributed by atoms with Crippen LogP contribution in [-0.4, -0.2) is 28.5 Å². The number of amides is 2. The number of carbonyl (C=O) groups excluding carboxylic acids is 2. The van der Waals surface area contributed by atoms with Crippen molar-refractivity contribution >= 4 is 40.9 Å². The molecular weight excluding hydrogens is 368 g/mol. The Bertz CT molecular complexity index is 840. The fourth-order valence-electron chi connectivity index (χ4n) is 3.08. The Morgan fingerprint density at radius 2 is 2.08 bits per heavy atom. The minimum Gasteiger partial charge on any atom is -0.331 e. The van der Waals surface area contributed by atoms with Crippen molar-refractivity contribution in [3.05, 3.63) is 58.6 Å². The third-order valence-corrected chi connectivity index (χ3v) is 5.57. The molecule has 1 aliphatic heterocycles. The first kappa shape index (κ1) is 18.8. The summed E-state index contributed by atoms with van der Waals surface area (Å²) in [6, 6.07) is 12.9. The molecular formula is C20H21ClN2O2S. The monoisotopic (exact) mass is 388 g/mol. The van der Waals surface area contributed by atoms with Gasteiger partial charge in [-0.15, -0.1) is 11.8 Å². The van der Waals surface area contributed by atoms with Crippen molar-refractivity contribution in [1.82, 2.24) is 4.90 Å². The summed E-state index contributed by atoms with van der Waals surface area (Å²) < 4.78 is 0. The van der Waals surface area contributed by atoms with Crippen molar-refractivity contribution in [2.75, 3.05) is 11.1 Å². The van der Waals surface area contributed by atoms with Crippen LogP contribution in [0.25, 0.3) is 0 Å². The lowest BCUT2D eigenvalue weighted by atomic mass is 10.1. The topological polar surface area (TPSA) is 49.4 Å². The number of carbonyl (C=O) groups is 2. The molecule has 0 bridgehead atoms. The van der Waals surface area contributed by atoms with Crippen LogP contribution in [0.4, 0.5) is 5.69 Å². The van der Waals surface area contributed by atoms with Gasteiger partial charge in [-0.25, -0.2) is 0 Å². The molecule has 0 spiro atoms. The van der Waals surface area contributed by atoms with E-state index in [1.807, 2.05) is 37.3 Å². The SMILES string of the molecule is CCSc1ccccc1NC(=O)C[C@@H](C)N1Cc2ccc(Cl)cc2C1=O. The summed E-state index contributed by atoms with van der Waals surface area (Å²) in [5, 5.41) is 3.53. The van der Waals surface area contributed by atoms with Gasteiger partial charge in [-0.3, -0.25) is 9.59 Å². The lowest BCUT2D eigenvalue weighted by Crippen LogP contribution is -2.36. The number of hydrogen-bond acceptors (Lipinski definition) is 3. The van der Waals surface area contributed by atoms with Crippen molar-refractivity contribution in [3.8, 4) is 0 Å². The molecule has 1 atom stereocenters. The zero-order valence-corrected chi connectivity index (χ0v) is 16.4. The first-order valence-corrected chi connectivity index (χ1v) is 9.97. The highest BCUT2D eigenvalue weighted by Gasteiger charge is 2.31. The highest BCUT2D eigenvalue weighted by molar-refractivity contribution is 7.99. The predicted octanol–water partition coefficient (Wildman–Crippen LogP) is 4.83. The Morgan fingerprint density at radius 1 is 1.31 bits per heavy atom. The molecule has 2 aromatic rings. The van der Waals surface area contributed by atoms with Crippen LogP contribution in [-0.2, 0) is 11.3 Å². The Hall–Kier alpha value is -1.98. The van der Waals surface area contributed by atoms with Gasteiger partial charge in [0, 0.05) is 34.5 Å². The van der Waals surface area contributed by atoms with Crippen LogP contribution in [0.3, 0.4) is 0 Å². The molecule has 1 aliphatic rings. The lowest BCUT2D eigenvalue weighted by Gasteiger charge is -2.24. The van der Waals surface area contributed by atoms with Crippen LogP contribution >= 0.6 is 23.4 Å². The summed E-state index contributed by atoms with van der Waals surface area (Å²) in [4.78, 5) is 27.9. The van der Waals surface area contributed by atoms with E-state index in [4.69, 9.17) is 11.6 Å². The highest BCUT2D eigenvalue weighted by Crippen LogP contribution is 2.29. The zero-order chi connectivity index (χ0) is 18.7. The van der Waals surface area contributed by atoms with Gasteiger partial charge in [0.05, 0.1) is 5.69 Å². The molecule has 0 radical (unpaired) electrons. The van der Waals surface area contributed by atoms with Crippen LogP contribution in [0.15, 0.2) is 47.4 Å². The van der Waals surface area contributed by atoms with Crippen molar-refractivity contribution in [1.29, 1.82) is 0 Å². The average molecular weight is 389 g/mol. The van der Waals surface area contributed by atoms with Gasteiger partial charge in [0.1, 0.15) is 0 Å². The van der Waals surface area contributed by atoms with Gasteiger partial charge in [0.25, 0.3) is 5.91 Å². The number of nitrogens with zero attached hydrogens (tertiary/aromatic N) is 1. The van der Waals surface area contributed by atoms with Crippen LogP contribution in [0.2, 0.25) is 5.02 Å². The molecule has 6 heteroatoms. The smallest absolute Gasteiger partial charge is 0.254 e. The molecule has 0 aliphatic carbocycles. The number of hydrogen-bond donors (Lipinski definition) is 1. The van der Waals surface area contributed by atoms with E-state index in [1.54, 1.807) is 28.8 Å². The van der Waals surface area contributed by atoms with Gasteiger partial charge in [-0.2, -0.15) is 0 Å². The average Bonchev–Trinajstić information content (AvgIpc) is 2.93. The highest BCUT2D eigenvalue weighted by atomic mass is 35.5. The maximum absolute atomic E-state index is 12.6. The Balaban J connectivity index is 1.65. The molecule has 2 amide bonds. The zero-order valence-electron chi connectivity index (χ0n) is 14.8. The maximum Gasteiger partial charge on any atom is 0.254 e. The van der Waals surface area contributed by atoms with Crippen LogP contribution < -0.4 is 5.32 Å². The van der Waals surface area contributed by atoms with Crippen molar-refractivity contribution in [3.63, 3.8) is 0 Å². The van der Waals surface area contributed by atoms with E-state index in [2.05, 4.69) is 12.2 Å². The van der Waals surface area contributed by atoms with Crippen molar-refractivity contribution in [2.24, 2.45) is 0 Å². The Labute approximate surface area is 162 Å². The molecule has 0 aromatic heterocycles. The molecule has 136 valence electrons. The number of rotatable bonds is 6. The van der Waals surface area contributed by atoms with Gasteiger partial charge in [-0.05, 0) is 42.5 Å². The summed E-state index contributed by atoms with van der Waals surface area (Å²) >= 11 is 7.68. The lowest BCUT2D eigenvalue weighted by molar-refractivity contribution is -0.117. The fraction of sp³-hybridized carbons (Fsp3) is 0.300. The van der Waals surface area contributed by atoms with Gasteiger partial charge in [0.15, 0.2) is 0 Å². The van der Waals surface area contributed by atoms with Gasteiger partial charge in [-0.1, -0.05) is 36.7 Å². The second kappa shape index (κ2) is 8.14. The molecule has 0 unspecified atom stereocenters. The minimum absolute atomic E-state index is 0.0651. The number of anilines is 1. The molecule has 3 rings (SSSR count). The summed E-state index contributed by atoms with van der Waals surface area (Å²) in [7, 11) is 0. The number of thioether (sulfide) groups is 1. The number of halogens is 1. The minimum atomic E-state index is -0.195. The Kier molecular flexibility index (Phi) is 5.89. The van der Waals surface area contributed by atoms with Crippen LogP contribution in [0.5, 0.6) is 0 Å². The first-order valence-electron chi connectivity index (χ1n) is 8.60. The molecule has 0 fully saturated rings. The molecule has 4 nitrogen and oxygen atoms in total.